The van der Waals surface area contributed by atoms with Crippen molar-refractivity contribution in [2.45, 2.75) is 39.3 Å². The summed E-state index contributed by atoms with van der Waals surface area (Å²) in [5, 5.41) is 10.8. The van der Waals surface area contributed by atoms with Gasteiger partial charge in [0.1, 0.15) is 11.0 Å². The van der Waals surface area contributed by atoms with Gasteiger partial charge in [0.25, 0.3) is 0 Å². The first-order valence-electron chi connectivity index (χ1n) is 5.33. The van der Waals surface area contributed by atoms with Crippen molar-refractivity contribution in [2.75, 3.05) is 6.54 Å². The second kappa shape index (κ2) is 5.11. The summed E-state index contributed by atoms with van der Waals surface area (Å²) in [4.78, 5) is 18.2. The fraction of sp³-hybridized carbons (Fsp3) is 0.636. The summed E-state index contributed by atoms with van der Waals surface area (Å²) in [6.07, 6.45) is 0.830. The standard InChI is InChI=1S/C11H16N2O2S.Li/c1-11(2,3)13-5-4-7-8(6-13)16-9(12-7)10(14)15;/h4-6H2,1-3H3,(H,14,15);/q;+1/p-1. The number of carbonyl (C=O) groups excluding carboxylic acids is 1. The van der Waals surface area contributed by atoms with Crippen molar-refractivity contribution in [3.8, 4) is 0 Å². The molecular weight excluding hydrogens is 231 g/mol. The summed E-state index contributed by atoms with van der Waals surface area (Å²) in [5.41, 5.74) is 1.05. The smallest absolute Gasteiger partial charge is 0.542 e. The number of hydrogen-bond donors (Lipinski definition) is 0. The zero-order chi connectivity index (χ0) is 11.9. The van der Waals surface area contributed by atoms with E-state index in [0.29, 0.717) is 0 Å². The molecule has 0 bridgehead atoms. The van der Waals surface area contributed by atoms with Crippen LogP contribution in [0.15, 0.2) is 0 Å². The third kappa shape index (κ3) is 3.11. The van der Waals surface area contributed by atoms with Crippen molar-refractivity contribution < 1.29 is 28.8 Å². The van der Waals surface area contributed by atoms with Gasteiger partial charge in [-0.3, -0.25) is 4.90 Å². The molecule has 6 heteroatoms. The van der Waals surface area contributed by atoms with E-state index in [4.69, 9.17) is 0 Å². The Labute approximate surface area is 117 Å². The molecule has 1 aliphatic rings. The van der Waals surface area contributed by atoms with Gasteiger partial charge >= 0.3 is 18.9 Å². The molecule has 2 rings (SSSR count). The number of carbonyl (C=O) groups is 1. The molecule has 0 atom stereocenters. The molecule has 0 amide bonds. The molecule has 0 spiro atoms. The Balaban J connectivity index is 0.00000144. The molecule has 2 heterocycles. The molecule has 0 aliphatic carbocycles. The molecule has 0 aromatic carbocycles. The third-order valence-corrected chi connectivity index (χ3v) is 3.92. The number of hydrogen-bond acceptors (Lipinski definition) is 5. The number of aromatic carboxylic acids is 1. The van der Waals surface area contributed by atoms with Gasteiger partial charge < -0.3 is 9.90 Å². The monoisotopic (exact) mass is 246 g/mol. The maximum absolute atomic E-state index is 10.7. The van der Waals surface area contributed by atoms with Crippen LogP contribution in [0.25, 0.3) is 0 Å². The molecule has 17 heavy (non-hydrogen) atoms. The average molecular weight is 246 g/mol. The van der Waals surface area contributed by atoms with Crippen LogP contribution in [0, 0.1) is 0 Å². The Morgan fingerprint density at radius 1 is 1.47 bits per heavy atom. The van der Waals surface area contributed by atoms with Crippen LogP contribution in [-0.2, 0) is 13.0 Å². The summed E-state index contributed by atoms with van der Waals surface area (Å²) in [7, 11) is 0. The Morgan fingerprint density at radius 3 is 2.65 bits per heavy atom. The molecule has 0 unspecified atom stereocenters. The Morgan fingerprint density at radius 2 is 2.12 bits per heavy atom. The van der Waals surface area contributed by atoms with E-state index >= 15 is 0 Å². The Hall–Kier alpha value is -0.343. The summed E-state index contributed by atoms with van der Waals surface area (Å²) in [6.45, 7) is 8.23. The molecule has 1 aromatic heterocycles. The van der Waals surface area contributed by atoms with Crippen molar-refractivity contribution in [1.29, 1.82) is 0 Å². The van der Waals surface area contributed by atoms with E-state index in [9.17, 15) is 9.90 Å². The quantitative estimate of drug-likeness (QED) is 0.521. The van der Waals surface area contributed by atoms with Gasteiger partial charge in [0, 0.05) is 29.9 Å². The van der Waals surface area contributed by atoms with Crippen molar-refractivity contribution in [3.05, 3.63) is 15.6 Å². The van der Waals surface area contributed by atoms with Crippen LogP contribution < -0.4 is 24.0 Å². The second-order valence-electron chi connectivity index (χ2n) is 5.02. The maximum Gasteiger partial charge on any atom is 1.00 e. The molecule has 0 radical (unpaired) electrons. The van der Waals surface area contributed by atoms with E-state index in [2.05, 4.69) is 30.7 Å². The van der Waals surface area contributed by atoms with E-state index in [0.717, 1.165) is 30.1 Å². The van der Waals surface area contributed by atoms with E-state index < -0.39 is 5.97 Å². The molecule has 88 valence electrons. The number of fused-ring (bicyclic) bond motifs is 1. The molecule has 0 saturated carbocycles. The third-order valence-electron chi connectivity index (χ3n) is 2.85. The molecule has 1 aromatic rings. The largest absolute Gasteiger partial charge is 1.00 e. The van der Waals surface area contributed by atoms with Gasteiger partial charge in [0.05, 0.1) is 5.69 Å². The minimum Gasteiger partial charge on any atom is -0.542 e. The van der Waals surface area contributed by atoms with Crippen LogP contribution in [0.4, 0.5) is 0 Å². The van der Waals surface area contributed by atoms with Crippen LogP contribution in [0.1, 0.15) is 41.1 Å². The number of rotatable bonds is 1. The van der Waals surface area contributed by atoms with Gasteiger partial charge in [0.15, 0.2) is 0 Å². The zero-order valence-electron chi connectivity index (χ0n) is 10.7. The topological polar surface area (TPSA) is 56.3 Å². The van der Waals surface area contributed by atoms with Crippen molar-refractivity contribution in [1.82, 2.24) is 9.88 Å². The summed E-state index contributed by atoms with van der Waals surface area (Å²) < 4.78 is 0. The number of carboxylic acids is 1. The summed E-state index contributed by atoms with van der Waals surface area (Å²) in [5.74, 6) is -1.17. The minimum absolute atomic E-state index is 0. The normalized spacial score (nSPS) is 16.2. The zero-order valence-corrected chi connectivity index (χ0v) is 11.6. The van der Waals surface area contributed by atoms with Gasteiger partial charge in [-0.1, -0.05) is 0 Å². The van der Waals surface area contributed by atoms with Gasteiger partial charge in [-0.05, 0) is 20.8 Å². The molecule has 4 nitrogen and oxygen atoms in total. The number of nitrogens with zero attached hydrogens (tertiary/aromatic N) is 2. The van der Waals surface area contributed by atoms with Crippen LogP contribution in [-0.4, -0.2) is 27.9 Å². The average Bonchev–Trinajstić information content (AvgIpc) is 2.58. The first kappa shape index (κ1) is 14.7. The molecule has 0 saturated heterocycles. The van der Waals surface area contributed by atoms with E-state index in [1.807, 2.05) is 0 Å². The van der Waals surface area contributed by atoms with Crippen LogP contribution >= 0.6 is 11.3 Å². The van der Waals surface area contributed by atoms with Crippen molar-refractivity contribution in [2.24, 2.45) is 0 Å². The van der Waals surface area contributed by atoms with Crippen LogP contribution in [0.5, 0.6) is 0 Å². The summed E-state index contributed by atoms with van der Waals surface area (Å²) >= 11 is 1.25. The van der Waals surface area contributed by atoms with Gasteiger partial charge in [-0.2, -0.15) is 0 Å². The molecule has 0 N–H and O–H groups in total. The van der Waals surface area contributed by atoms with Gasteiger partial charge in [-0.25, -0.2) is 4.98 Å². The number of aromatic nitrogens is 1. The van der Waals surface area contributed by atoms with Gasteiger partial charge in [0.2, 0.25) is 0 Å². The van der Waals surface area contributed by atoms with E-state index in [-0.39, 0.29) is 29.4 Å². The van der Waals surface area contributed by atoms with Crippen molar-refractivity contribution in [3.63, 3.8) is 0 Å². The fourth-order valence-electron chi connectivity index (χ4n) is 1.86. The fourth-order valence-corrected chi connectivity index (χ4v) is 2.81. The van der Waals surface area contributed by atoms with Crippen LogP contribution in [0.2, 0.25) is 0 Å². The van der Waals surface area contributed by atoms with Gasteiger partial charge in [-0.15, -0.1) is 11.3 Å². The SMILES string of the molecule is CC(C)(C)N1CCc2nc(C(=O)[O-])sc2C1.[Li+]. The molecule has 0 fully saturated rings. The van der Waals surface area contributed by atoms with Crippen molar-refractivity contribution >= 4 is 17.3 Å². The van der Waals surface area contributed by atoms with E-state index in [1.54, 1.807) is 0 Å². The number of thiazole rings is 1. The van der Waals surface area contributed by atoms with E-state index in [1.165, 1.54) is 11.3 Å². The Kier molecular flexibility index (Phi) is 4.42. The first-order chi connectivity index (χ1) is 7.38. The van der Waals surface area contributed by atoms with Crippen LogP contribution in [0.3, 0.4) is 0 Å². The molecular formula is C11H15LiN2O2S. The summed E-state index contributed by atoms with van der Waals surface area (Å²) in [6, 6.07) is 0. The minimum atomic E-state index is -1.17. The predicted octanol–water partition coefficient (Wildman–Crippen LogP) is -2.33. The second-order valence-corrected chi connectivity index (χ2v) is 6.10. The number of carboxylic acid groups (broad SMARTS) is 1. The Bertz CT molecular complexity index is 426. The maximum atomic E-state index is 10.7. The first-order valence-corrected chi connectivity index (χ1v) is 6.14. The predicted molar refractivity (Wildman–Crippen MR) is 60.3 cm³/mol. The molecule has 1 aliphatic heterocycles.